The molecule has 2 aromatic heterocycles. The number of aromatic nitrogens is 3. The lowest BCUT2D eigenvalue weighted by atomic mass is 10.1. The Labute approximate surface area is 156 Å². The van der Waals surface area contributed by atoms with Crippen molar-refractivity contribution in [1.29, 1.82) is 0 Å². The molecule has 134 valence electrons. The quantitative estimate of drug-likeness (QED) is 0.568. The van der Waals surface area contributed by atoms with E-state index in [0.717, 1.165) is 27.8 Å². The van der Waals surface area contributed by atoms with Crippen LogP contribution in [0.5, 0.6) is 11.5 Å². The highest BCUT2D eigenvalue weighted by Crippen LogP contribution is 2.29. The average Bonchev–Trinajstić information content (AvgIpc) is 2.73. The SMILES string of the molecule is COc1cc(OC)cc(-c2ncc3cc(Nc4ccncc4)ccc3n2)c1. The van der Waals surface area contributed by atoms with Gasteiger partial charge in [0.25, 0.3) is 0 Å². The number of nitrogens with one attached hydrogen (secondary N) is 1. The van der Waals surface area contributed by atoms with Crippen molar-refractivity contribution >= 4 is 22.3 Å². The first kappa shape index (κ1) is 16.8. The van der Waals surface area contributed by atoms with Gasteiger partial charge in [-0.1, -0.05) is 0 Å². The van der Waals surface area contributed by atoms with Crippen LogP contribution in [0.15, 0.2) is 67.1 Å². The van der Waals surface area contributed by atoms with Crippen LogP contribution in [0.4, 0.5) is 11.4 Å². The molecule has 4 rings (SSSR count). The highest BCUT2D eigenvalue weighted by atomic mass is 16.5. The summed E-state index contributed by atoms with van der Waals surface area (Å²) in [5.74, 6) is 2.02. The minimum Gasteiger partial charge on any atom is -0.497 e. The fourth-order valence-corrected chi connectivity index (χ4v) is 2.79. The van der Waals surface area contributed by atoms with E-state index in [1.54, 1.807) is 26.6 Å². The number of ether oxygens (including phenoxy) is 2. The van der Waals surface area contributed by atoms with Crippen LogP contribution in [-0.4, -0.2) is 29.2 Å². The molecule has 0 amide bonds. The Bertz CT molecular complexity index is 1060. The molecular formula is C21H18N4O2. The zero-order chi connectivity index (χ0) is 18.6. The van der Waals surface area contributed by atoms with Crippen LogP contribution in [-0.2, 0) is 0 Å². The van der Waals surface area contributed by atoms with Crippen molar-refractivity contribution < 1.29 is 9.47 Å². The van der Waals surface area contributed by atoms with E-state index in [4.69, 9.17) is 9.47 Å². The van der Waals surface area contributed by atoms with Gasteiger partial charge in [-0.3, -0.25) is 4.98 Å². The summed E-state index contributed by atoms with van der Waals surface area (Å²) in [6, 6.07) is 15.4. The zero-order valence-electron chi connectivity index (χ0n) is 15.0. The van der Waals surface area contributed by atoms with Gasteiger partial charge in [0.1, 0.15) is 11.5 Å². The van der Waals surface area contributed by atoms with E-state index in [0.29, 0.717) is 17.3 Å². The van der Waals surface area contributed by atoms with Gasteiger partial charge in [-0.05, 0) is 42.5 Å². The van der Waals surface area contributed by atoms with E-state index >= 15 is 0 Å². The molecule has 0 fully saturated rings. The Morgan fingerprint density at radius 2 is 1.56 bits per heavy atom. The van der Waals surface area contributed by atoms with Crippen LogP contribution in [0.1, 0.15) is 0 Å². The van der Waals surface area contributed by atoms with Crippen molar-refractivity contribution in [3.8, 4) is 22.9 Å². The molecule has 4 aromatic rings. The number of methoxy groups -OCH3 is 2. The molecule has 1 N–H and O–H groups in total. The molecule has 0 saturated heterocycles. The van der Waals surface area contributed by atoms with Gasteiger partial charge in [0.2, 0.25) is 0 Å². The topological polar surface area (TPSA) is 69.2 Å². The van der Waals surface area contributed by atoms with Crippen LogP contribution in [0.2, 0.25) is 0 Å². The van der Waals surface area contributed by atoms with Gasteiger partial charge < -0.3 is 14.8 Å². The number of fused-ring (bicyclic) bond motifs is 1. The summed E-state index contributed by atoms with van der Waals surface area (Å²) in [4.78, 5) is 13.2. The van der Waals surface area contributed by atoms with Crippen LogP contribution in [0, 0.1) is 0 Å². The van der Waals surface area contributed by atoms with Gasteiger partial charge >= 0.3 is 0 Å². The molecule has 0 radical (unpaired) electrons. The minimum atomic E-state index is 0.620. The van der Waals surface area contributed by atoms with Gasteiger partial charge in [-0.25, -0.2) is 9.97 Å². The smallest absolute Gasteiger partial charge is 0.160 e. The predicted octanol–water partition coefficient (Wildman–Crippen LogP) is 4.45. The van der Waals surface area contributed by atoms with E-state index in [2.05, 4.69) is 20.3 Å². The molecule has 0 aliphatic heterocycles. The standard InChI is InChI=1S/C21H18N4O2/c1-26-18-10-14(11-19(12-18)27-2)21-23-13-15-9-17(3-4-20(15)25-21)24-16-5-7-22-8-6-16/h3-13H,1-2H3,(H,22,24). The van der Waals surface area contributed by atoms with E-state index in [1.165, 1.54) is 0 Å². The first-order valence-corrected chi connectivity index (χ1v) is 8.42. The maximum atomic E-state index is 5.33. The fourth-order valence-electron chi connectivity index (χ4n) is 2.79. The lowest BCUT2D eigenvalue weighted by Gasteiger charge is -2.09. The van der Waals surface area contributed by atoms with Gasteiger partial charge in [0.05, 0.1) is 19.7 Å². The summed E-state index contributed by atoms with van der Waals surface area (Å²) in [5.41, 5.74) is 3.65. The molecule has 0 aliphatic carbocycles. The molecule has 27 heavy (non-hydrogen) atoms. The maximum Gasteiger partial charge on any atom is 0.160 e. The molecule has 2 heterocycles. The third-order valence-electron chi connectivity index (χ3n) is 4.16. The van der Waals surface area contributed by atoms with Crippen molar-refractivity contribution in [3.05, 3.63) is 67.1 Å². The Hall–Kier alpha value is -3.67. The Balaban J connectivity index is 1.68. The molecule has 0 bridgehead atoms. The molecule has 6 heteroatoms. The number of anilines is 2. The van der Waals surface area contributed by atoms with E-state index < -0.39 is 0 Å². The first-order chi connectivity index (χ1) is 13.2. The number of hydrogen-bond acceptors (Lipinski definition) is 6. The van der Waals surface area contributed by atoms with Gasteiger partial charge in [0, 0.05) is 47.0 Å². The van der Waals surface area contributed by atoms with Crippen LogP contribution in [0.3, 0.4) is 0 Å². The van der Waals surface area contributed by atoms with Crippen LogP contribution in [0.25, 0.3) is 22.3 Å². The Kier molecular flexibility index (Phi) is 4.53. The highest BCUT2D eigenvalue weighted by Gasteiger charge is 2.08. The Morgan fingerprint density at radius 1 is 0.815 bits per heavy atom. The summed E-state index contributed by atoms with van der Waals surface area (Å²) in [7, 11) is 3.24. The van der Waals surface area contributed by atoms with Crippen molar-refractivity contribution in [1.82, 2.24) is 15.0 Å². The first-order valence-electron chi connectivity index (χ1n) is 8.42. The molecule has 6 nitrogen and oxygen atoms in total. The molecule has 2 aromatic carbocycles. The van der Waals surface area contributed by atoms with E-state index in [9.17, 15) is 0 Å². The van der Waals surface area contributed by atoms with Crippen molar-refractivity contribution in [2.75, 3.05) is 19.5 Å². The van der Waals surface area contributed by atoms with E-state index in [1.807, 2.05) is 54.7 Å². The highest BCUT2D eigenvalue weighted by molar-refractivity contribution is 5.84. The molecule has 0 aliphatic rings. The van der Waals surface area contributed by atoms with Gasteiger partial charge in [0.15, 0.2) is 5.82 Å². The normalized spacial score (nSPS) is 10.6. The number of benzene rings is 2. The lowest BCUT2D eigenvalue weighted by molar-refractivity contribution is 0.394. The predicted molar refractivity (Wildman–Crippen MR) is 106 cm³/mol. The summed E-state index contributed by atoms with van der Waals surface area (Å²) in [6.07, 6.45) is 5.32. The summed E-state index contributed by atoms with van der Waals surface area (Å²) in [5, 5.41) is 4.30. The molecule has 0 unspecified atom stereocenters. The number of hydrogen-bond donors (Lipinski definition) is 1. The zero-order valence-corrected chi connectivity index (χ0v) is 15.0. The third kappa shape index (κ3) is 3.64. The Morgan fingerprint density at radius 3 is 2.26 bits per heavy atom. The maximum absolute atomic E-state index is 5.33. The van der Waals surface area contributed by atoms with Crippen LogP contribution >= 0.6 is 0 Å². The van der Waals surface area contributed by atoms with Crippen molar-refractivity contribution in [3.63, 3.8) is 0 Å². The minimum absolute atomic E-state index is 0.620. The number of pyridine rings is 1. The second kappa shape index (κ2) is 7.29. The molecule has 0 atom stereocenters. The summed E-state index contributed by atoms with van der Waals surface area (Å²) in [6.45, 7) is 0. The average molecular weight is 358 g/mol. The largest absolute Gasteiger partial charge is 0.497 e. The fraction of sp³-hybridized carbons (Fsp3) is 0.0952. The molecule has 0 saturated carbocycles. The lowest BCUT2D eigenvalue weighted by Crippen LogP contribution is -1.94. The molecule has 0 spiro atoms. The van der Waals surface area contributed by atoms with Crippen molar-refractivity contribution in [2.45, 2.75) is 0 Å². The second-order valence-electron chi connectivity index (χ2n) is 5.93. The van der Waals surface area contributed by atoms with Gasteiger partial charge in [-0.15, -0.1) is 0 Å². The van der Waals surface area contributed by atoms with E-state index in [-0.39, 0.29) is 0 Å². The summed E-state index contributed by atoms with van der Waals surface area (Å²) >= 11 is 0. The van der Waals surface area contributed by atoms with Crippen molar-refractivity contribution in [2.24, 2.45) is 0 Å². The third-order valence-corrected chi connectivity index (χ3v) is 4.16. The number of nitrogens with zero attached hydrogens (tertiary/aromatic N) is 3. The summed E-state index contributed by atoms with van der Waals surface area (Å²) < 4.78 is 10.7. The number of rotatable bonds is 5. The van der Waals surface area contributed by atoms with Crippen LogP contribution < -0.4 is 14.8 Å². The second-order valence-corrected chi connectivity index (χ2v) is 5.93. The molecular weight excluding hydrogens is 340 g/mol. The monoisotopic (exact) mass is 358 g/mol. The van der Waals surface area contributed by atoms with Gasteiger partial charge in [-0.2, -0.15) is 0 Å².